The molecule has 1 saturated heterocycles. The molecule has 2 atom stereocenters. The van der Waals surface area contributed by atoms with Gasteiger partial charge in [0.05, 0.1) is 22.3 Å². The van der Waals surface area contributed by atoms with Gasteiger partial charge in [-0.2, -0.15) is 0 Å². The van der Waals surface area contributed by atoms with Crippen molar-refractivity contribution in [1.29, 1.82) is 0 Å². The van der Waals surface area contributed by atoms with Crippen LogP contribution in [0.4, 0.5) is 0 Å². The zero-order valence-electron chi connectivity index (χ0n) is 11.0. The summed E-state index contributed by atoms with van der Waals surface area (Å²) >= 11 is 12.1. The Hall–Kier alpha value is -0.320. The molecule has 0 saturated carbocycles. The topological polar surface area (TPSA) is 32.7 Å². The van der Waals surface area contributed by atoms with E-state index in [4.69, 9.17) is 27.9 Å². The largest absolute Gasteiger partial charge is 0.388 e. The first-order chi connectivity index (χ1) is 9.11. The van der Waals surface area contributed by atoms with Gasteiger partial charge in [0.15, 0.2) is 0 Å². The Labute approximate surface area is 124 Å². The molecule has 1 aromatic rings. The van der Waals surface area contributed by atoms with Crippen molar-refractivity contribution in [1.82, 2.24) is 4.90 Å². The van der Waals surface area contributed by atoms with Crippen molar-refractivity contribution >= 4 is 23.2 Å². The molecular weight excluding hydrogens is 285 g/mol. The summed E-state index contributed by atoms with van der Waals surface area (Å²) in [5.74, 6) is 0. The number of halogens is 2. The first-order valence-corrected chi connectivity index (χ1v) is 7.24. The molecule has 0 amide bonds. The molecule has 1 aliphatic heterocycles. The Kier molecular flexibility index (Phi) is 5.48. The number of methoxy groups -OCH3 is 1. The standard InChI is InChI=1S/C14H19Cl2NO2/c1-19-10-5-7-17(9-10)8-6-13(18)11-3-2-4-12(15)14(11)16/h2-4,10,13,18H,5-9H2,1H3. The highest BCUT2D eigenvalue weighted by Crippen LogP contribution is 2.31. The van der Waals surface area contributed by atoms with E-state index in [0.29, 0.717) is 28.1 Å². The van der Waals surface area contributed by atoms with Crippen LogP contribution in [0.2, 0.25) is 10.0 Å². The number of likely N-dealkylation sites (tertiary alicyclic amines) is 1. The summed E-state index contributed by atoms with van der Waals surface area (Å²) in [6.07, 6.45) is 1.46. The number of aliphatic hydroxyl groups is 1. The van der Waals surface area contributed by atoms with Gasteiger partial charge in [-0.1, -0.05) is 35.3 Å². The van der Waals surface area contributed by atoms with Crippen LogP contribution in [0.5, 0.6) is 0 Å². The molecule has 0 spiro atoms. The maximum atomic E-state index is 10.2. The third-order valence-corrected chi connectivity index (χ3v) is 4.46. The number of hydrogen-bond acceptors (Lipinski definition) is 3. The number of rotatable bonds is 5. The Morgan fingerprint density at radius 1 is 1.47 bits per heavy atom. The fourth-order valence-electron chi connectivity index (χ4n) is 2.43. The summed E-state index contributed by atoms with van der Waals surface area (Å²) in [6.45, 7) is 2.80. The summed E-state index contributed by atoms with van der Waals surface area (Å²) in [7, 11) is 1.74. The average molecular weight is 304 g/mol. The third kappa shape index (κ3) is 3.83. The molecule has 0 radical (unpaired) electrons. The van der Waals surface area contributed by atoms with Crippen molar-refractivity contribution in [3.05, 3.63) is 33.8 Å². The summed E-state index contributed by atoms with van der Waals surface area (Å²) in [5, 5.41) is 11.1. The first kappa shape index (κ1) is 15.1. The summed E-state index contributed by atoms with van der Waals surface area (Å²) in [4.78, 5) is 2.30. The highest BCUT2D eigenvalue weighted by Gasteiger charge is 2.23. The predicted molar refractivity (Wildman–Crippen MR) is 77.9 cm³/mol. The highest BCUT2D eigenvalue weighted by atomic mass is 35.5. The lowest BCUT2D eigenvalue weighted by Gasteiger charge is -2.19. The first-order valence-electron chi connectivity index (χ1n) is 6.49. The molecule has 0 bridgehead atoms. The average Bonchev–Trinajstić information content (AvgIpc) is 2.87. The van der Waals surface area contributed by atoms with Crippen molar-refractivity contribution in [2.75, 3.05) is 26.7 Å². The lowest BCUT2D eigenvalue weighted by atomic mass is 10.1. The van der Waals surface area contributed by atoms with Crippen LogP contribution in [0.3, 0.4) is 0 Å². The van der Waals surface area contributed by atoms with E-state index in [1.54, 1.807) is 13.2 Å². The molecule has 5 heteroatoms. The molecule has 1 aliphatic rings. The van der Waals surface area contributed by atoms with Gasteiger partial charge in [-0.05, 0) is 18.9 Å². The maximum absolute atomic E-state index is 10.2. The molecule has 3 nitrogen and oxygen atoms in total. The molecule has 2 rings (SSSR count). The van der Waals surface area contributed by atoms with Crippen molar-refractivity contribution in [3.63, 3.8) is 0 Å². The van der Waals surface area contributed by atoms with Crippen LogP contribution in [-0.2, 0) is 4.74 Å². The van der Waals surface area contributed by atoms with E-state index in [1.165, 1.54) is 0 Å². The Morgan fingerprint density at radius 2 is 2.26 bits per heavy atom. The normalized spacial score (nSPS) is 21.8. The van der Waals surface area contributed by atoms with Gasteiger partial charge in [0.1, 0.15) is 0 Å². The van der Waals surface area contributed by atoms with E-state index in [9.17, 15) is 5.11 Å². The van der Waals surface area contributed by atoms with Crippen molar-refractivity contribution in [2.24, 2.45) is 0 Å². The van der Waals surface area contributed by atoms with Gasteiger partial charge >= 0.3 is 0 Å². The molecule has 1 aromatic carbocycles. The number of nitrogens with zero attached hydrogens (tertiary/aromatic N) is 1. The van der Waals surface area contributed by atoms with Gasteiger partial charge in [-0.15, -0.1) is 0 Å². The molecule has 106 valence electrons. The van der Waals surface area contributed by atoms with Gasteiger partial charge in [0.2, 0.25) is 0 Å². The number of ether oxygens (including phenoxy) is 1. The summed E-state index contributed by atoms with van der Waals surface area (Å²) in [5.41, 5.74) is 0.705. The summed E-state index contributed by atoms with van der Waals surface area (Å²) in [6, 6.07) is 5.36. The monoisotopic (exact) mass is 303 g/mol. The van der Waals surface area contributed by atoms with E-state index in [1.807, 2.05) is 12.1 Å². The van der Waals surface area contributed by atoms with Crippen LogP contribution in [0, 0.1) is 0 Å². The minimum Gasteiger partial charge on any atom is -0.388 e. The van der Waals surface area contributed by atoms with Crippen LogP contribution in [0.15, 0.2) is 18.2 Å². The molecule has 19 heavy (non-hydrogen) atoms. The second-order valence-corrected chi connectivity index (χ2v) is 5.68. The SMILES string of the molecule is COC1CCN(CCC(O)c2cccc(Cl)c2Cl)C1. The molecule has 0 aliphatic carbocycles. The number of hydrogen-bond donors (Lipinski definition) is 1. The van der Waals surface area contributed by atoms with Gasteiger partial charge in [-0.3, -0.25) is 0 Å². The molecule has 2 unspecified atom stereocenters. The maximum Gasteiger partial charge on any atom is 0.0817 e. The van der Waals surface area contributed by atoms with Gasteiger partial charge in [-0.25, -0.2) is 0 Å². The lowest BCUT2D eigenvalue weighted by molar-refractivity contribution is 0.102. The smallest absolute Gasteiger partial charge is 0.0817 e. The predicted octanol–water partition coefficient (Wildman–Crippen LogP) is 3.14. The summed E-state index contributed by atoms with van der Waals surface area (Å²) < 4.78 is 5.32. The minimum absolute atomic E-state index is 0.326. The van der Waals surface area contributed by atoms with Crippen molar-refractivity contribution in [2.45, 2.75) is 25.0 Å². The number of benzene rings is 1. The molecule has 1 N–H and O–H groups in total. The van der Waals surface area contributed by atoms with Crippen molar-refractivity contribution < 1.29 is 9.84 Å². The second kappa shape index (κ2) is 6.91. The van der Waals surface area contributed by atoms with E-state index in [0.717, 1.165) is 26.1 Å². The second-order valence-electron chi connectivity index (χ2n) is 4.89. The Bertz CT molecular complexity index is 428. The lowest BCUT2D eigenvalue weighted by Crippen LogP contribution is -2.25. The van der Waals surface area contributed by atoms with Crippen LogP contribution in [0.25, 0.3) is 0 Å². The van der Waals surface area contributed by atoms with Crippen LogP contribution in [0.1, 0.15) is 24.5 Å². The fraction of sp³-hybridized carbons (Fsp3) is 0.571. The van der Waals surface area contributed by atoms with E-state index in [-0.39, 0.29) is 0 Å². The quantitative estimate of drug-likeness (QED) is 0.907. The molecule has 0 aromatic heterocycles. The van der Waals surface area contributed by atoms with Crippen LogP contribution < -0.4 is 0 Å². The van der Waals surface area contributed by atoms with E-state index in [2.05, 4.69) is 4.90 Å². The van der Waals surface area contributed by atoms with Crippen molar-refractivity contribution in [3.8, 4) is 0 Å². The van der Waals surface area contributed by atoms with Gasteiger partial charge in [0, 0.05) is 32.3 Å². The zero-order chi connectivity index (χ0) is 13.8. The minimum atomic E-state index is -0.576. The van der Waals surface area contributed by atoms with Gasteiger partial charge in [0.25, 0.3) is 0 Å². The molecule has 1 fully saturated rings. The van der Waals surface area contributed by atoms with Gasteiger partial charge < -0.3 is 14.7 Å². The number of aliphatic hydroxyl groups excluding tert-OH is 1. The Balaban J connectivity index is 1.88. The van der Waals surface area contributed by atoms with E-state index < -0.39 is 6.10 Å². The zero-order valence-corrected chi connectivity index (χ0v) is 12.5. The molecular formula is C14H19Cl2NO2. The highest BCUT2D eigenvalue weighted by molar-refractivity contribution is 6.42. The van der Waals surface area contributed by atoms with Crippen LogP contribution >= 0.6 is 23.2 Å². The fourth-order valence-corrected chi connectivity index (χ4v) is 2.86. The molecule has 1 heterocycles. The Morgan fingerprint density at radius 3 is 2.95 bits per heavy atom. The van der Waals surface area contributed by atoms with Crippen LogP contribution in [-0.4, -0.2) is 42.9 Å². The third-order valence-electron chi connectivity index (χ3n) is 3.62. The van der Waals surface area contributed by atoms with E-state index >= 15 is 0 Å².